The molecule has 30 heavy (non-hydrogen) atoms. The predicted molar refractivity (Wildman–Crippen MR) is 116 cm³/mol. The van der Waals surface area contributed by atoms with Crippen molar-refractivity contribution in [3.8, 4) is 11.5 Å². The summed E-state index contributed by atoms with van der Waals surface area (Å²) in [5.41, 5.74) is 0.670. The van der Waals surface area contributed by atoms with E-state index in [0.29, 0.717) is 36.9 Å². The van der Waals surface area contributed by atoms with E-state index in [-0.39, 0.29) is 16.4 Å². The van der Waals surface area contributed by atoms with Crippen LogP contribution >= 0.6 is 0 Å². The lowest BCUT2D eigenvalue weighted by Crippen LogP contribution is -2.32. The fourth-order valence-corrected chi connectivity index (χ4v) is 4.55. The first-order valence-corrected chi connectivity index (χ1v) is 11.7. The monoisotopic (exact) mass is 432 g/mol. The highest BCUT2D eigenvalue weighted by Gasteiger charge is 2.24. The molecule has 1 aliphatic rings. The van der Waals surface area contributed by atoms with E-state index in [9.17, 15) is 13.2 Å². The van der Waals surface area contributed by atoms with Crippen LogP contribution in [0.5, 0.6) is 11.5 Å². The molecule has 0 spiro atoms. The van der Waals surface area contributed by atoms with Crippen LogP contribution < -0.4 is 14.2 Å². The Hall–Kier alpha value is -2.74. The van der Waals surface area contributed by atoms with Gasteiger partial charge in [0.25, 0.3) is 15.9 Å². The average Bonchev–Trinajstić information content (AvgIpc) is 3.04. The number of carbonyl (C=O) groups is 1. The lowest BCUT2D eigenvalue weighted by Gasteiger charge is -2.22. The summed E-state index contributed by atoms with van der Waals surface area (Å²) in [6, 6.07) is 11.0. The fourth-order valence-electron chi connectivity index (χ4n) is 3.47. The van der Waals surface area contributed by atoms with Crippen LogP contribution in [0.2, 0.25) is 0 Å². The maximum atomic E-state index is 13.1. The van der Waals surface area contributed by atoms with Gasteiger partial charge in [-0.3, -0.25) is 9.52 Å². The molecule has 162 valence electrons. The van der Waals surface area contributed by atoms with Gasteiger partial charge < -0.3 is 14.4 Å². The van der Waals surface area contributed by atoms with E-state index in [4.69, 9.17) is 9.47 Å². The van der Waals surface area contributed by atoms with Crippen molar-refractivity contribution in [1.29, 1.82) is 0 Å². The number of carbonyl (C=O) groups excluding carboxylic acids is 1. The van der Waals surface area contributed by atoms with E-state index in [1.807, 2.05) is 6.92 Å². The molecular weight excluding hydrogens is 404 g/mol. The Bertz CT molecular complexity index is 966. The predicted octanol–water partition coefficient (Wildman–Crippen LogP) is 3.91. The summed E-state index contributed by atoms with van der Waals surface area (Å²) in [4.78, 5) is 14.9. The number of amides is 1. The topological polar surface area (TPSA) is 84.9 Å². The third-order valence-electron chi connectivity index (χ3n) is 5.02. The van der Waals surface area contributed by atoms with E-state index in [1.165, 1.54) is 25.3 Å². The molecule has 1 saturated heterocycles. The Morgan fingerprint density at radius 1 is 1.03 bits per heavy atom. The van der Waals surface area contributed by atoms with Crippen LogP contribution in [-0.4, -0.2) is 46.0 Å². The number of anilines is 1. The van der Waals surface area contributed by atoms with Crippen LogP contribution in [0.1, 0.15) is 43.0 Å². The maximum absolute atomic E-state index is 13.1. The van der Waals surface area contributed by atoms with Crippen LogP contribution in [0.4, 0.5) is 5.69 Å². The molecule has 0 radical (unpaired) electrons. The first-order valence-electron chi connectivity index (χ1n) is 10.2. The zero-order chi connectivity index (χ0) is 21.6. The Balaban J connectivity index is 1.85. The molecule has 1 heterocycles. The zero-order valence-corrected chi connectivity index (χ0v) is 18.2. The second kappa shape index (κ2) is 9.84. The molecule has 1 N–H and O–H groups in total. The molecule has 8 heteroatoms. The van der Waals surface area contributed by atoms with Gasteiger partial charge >= 0.3 is 0 Å². The minimum atomic E-state index is -3.87. The molecule has 3 rings (SSSR count). The highest BCUT2D eigenvalue weighted by Crippen LogP contribution is 2.27. The van der Waals surface area contributed by atoms with E-state index < -0.39 is 10.0 Å². The number of benzene rings is 2. The number of ether oxygens (including phenoxy) is 2. The Morgan fingerprint density at radius 2 is 1.70 bits per heavy atom. The fraction of sp³-hybridized carbons (Fsp3) is 0.409. The van der Waals surface area contributed by atoms with Gasteiger partial charge in [-0.1, -0.05) is 12.8 Å². The molecular formula is C22H28N2O5S. The highest BCUT2D eigenvalue weighted by molar-refractivity contribution is 7.92. The molecule has 0 aromatic heterocycles. The molecule has 0 bridgehead atoms. The van der Waals surface area contributed by atoms with E-state index >= 15 is 0 Å². The first kappa shape index (κ1) is 22.0. The number of sulfonamides is 1. The average molecular weight is 433 g/mol. The van der Waals surface area contributed by atoms with Gasteiger partial charge in [0.1, 0.15) is 11.5 Å². The second-order valence-corrected chi connectivity index (χ2v) is 8.81. The van der Waals surface area contributed by atoms with E-state index in [1.54, 1.807) is 29.2 Å². The van der Waals surface area contributed by atoms with Gasteiger partial charge in [-0.2, -0.15) is 0 Å². The van der Waals surface area contributed by atoms with Crippen LogP contribution in [-0.2, 0) is 10.0 Å². The van der Waals surface area contributed by atoms with Crippen molar-refractivity contribution >= 4 is 21.6 Å². The maximum Gasteiger partial charge on any atom is 0.261 e. The molecule has 0 saturated carbocycles. The molecule has 7 nitrogen and oxygen atoms in total. The quantitative estimate of drug-likeness (QED) is 0.717. The van der Waals surface area contributed by atoms with Gasteiger partial charge in [-0.05, 0) is 62.2 Å². The van der Waals surface area contributed by atoms with Crippen molar-refractivity contribution < 1.29 is 22.7 Å². The minimum Gasteiger partial charge on any atom is -0.496 e. The standard InChI is InChI=1S/C22H28N2O5S/c1-3-29-18-10-8-17(9-11-18)23-30(26,27)19-12-13-21(28-2)20(16-19)22(25)24-14-6-4-5-7-15-24/h8-13,16,23H,3-7,14-15H2,1-2H3. The van der Waals surface area contributed by atoms with Gasteiger partial charge in [-0.25, -0.2) is 8.42 Å². The van der Waals surface area contributed by atoms with Crippen LogP contribution in [0.3, 0.4) is 0 Å². The largest absolute Gasteiger partial charge is 0.496 e. The lowest BCUT2D eigenvalue weighted by atomic mass is 10.1. The molecule has 2 aromatic carbocycles. The number of hydrogen-bond donors (Lipinski definition) is 1. The van der Waals surface area contributed by atoms with Crippen molar-refractivity contribution in [3.05, 3.63) is 48.0 Å². The Labute approximate surface area is 178 Å². The van der Waals surface area contributed by atoms with Gasteiger partial charge in [0, 0.05) is 18.8 Å². The smallest absolute Gasteiger partial charge is 0.261 e. The summed E-state index contributed by atoms with van der Waals surface area (Å²) < 4.78 is 39.1. The number of nitrogens with zero attached hydrogens (tertiary/aromatic N) is 1. The summed E-state index contributed by atoms with van der Waals surface area (Å²) in [5, 5.41) is 0. The summed E-state index contributed by atoms with van der Waals surface area (Å²) in [5.74, 6) is 0.825. The summed E-state index contributed by atoms with van der Waals surface area (Å²) in [7, 11) is -2.40. The van der Waals surface area contributed by atoms with Crippen molar-refractivity contribution in [1.82, 2.24) is 4.90 Å². The zero-order valence-electron chi connectivity index (χ0n) is 17.4. The summed E-state index contributed by atoms with van der Waals surface area (Å²) >= 11 is 0. The van der Waals surface area contributed by atoms with E-state index in [2.05, 4.69) is 4.72 Å². The summed E-state index contributed by atoms with van der Waals surface area (Å²) in [6.45, 7) is 3.75. The number of likely N-dealkylation sites (tertiary alicyclic amines) is 1. The molecule has 1 aliphatic heterocycles. The SMILES string of the molecule is CCOc1ccc(NS(=O)(=O)c2ccc(OC)c(C(=O)N3CCCCCC3)c2)cc1. The van der Waals surface area contributed by atoms with Gasteiger partial charge in [0.15, 0.2) is 0 Å². The van der Waals surface area contributed by atoms with Crippen LogP contribution in [0.25, 0.3) is 0 Å². The van der Waals surface area contributed by atoms with Crippen molar-refractivity contribution in [2.75, 3.05) is 31.5 Å². The van der Waals surface area contributed by atoms with Gasteiger partial charge in [-0.15, -0.1) is 0 Å². The Morgan fingerprint density at radius 3 is 2.30 bits per heavy atom. The van der Waals surface area contributed by atoms with Gasteiger partial charge in [0.2, 0.25) is 0 Å². The van der Waals surface area contributed by atoms with Crippen LogP contribution in [0, 0.1) is 0 Å². The van der Waals surface area contributed by atoms with Crippen LogP contribution in [0.15, 0.2) is 47.4 Å². The third kappa shape index (κ3) is 5.24. The highest BCUT2D eigenvalue weighted by atomic mass is 32.2. The van der Waals surface area contributed by atoms with Crippen molar-refractivity contribution in [3.63, 3.8) is 0 Å². The third-order valence-corrected chi connectivity index (χ3v) is 6.40. The lowest BCUT2D eigenvalue weighted by molar-refractivity contribution is 0.0758. The van der Waals surface area contributed by atoms with Gasteiger partial charge in [0.05, 0.1) is 24.2 Å². The number of rotatable bonds is 7. The molecule has 0 atom stereocenters. The molecule has 1 amide bonds. The normalized spacial score (nSPS) is 14.7. The van der Waals surface area contributed by atoms with Crippen molar-refractivity contribution in [2.24, 2.45) is 0 Å². The number of methoxy groups -OCH3 is 1. The second-order valence-electron chi connectivity index (χ2n) is 7.13. The first-order chi connectivity index (χ1) is 14.4. The molecule has 2 aromatic rings. The molecule has 0 unspecified atom stereocenters. The molecule has 1 fully saturated rings. The molecule has 0 aliphatic carbocycles. The Kier molecular flexibility index (Phi) is 7.20. The van der Waals surface area contributed by atoms with E-state index in [0.717, 1.165) is 25.7 Å². The van der Waals surface area contributed by atoms with Crippen molar-refractivity contribution in [2.45, 2.75) is 37.5 Å². The number of hydrogen-bond acceptors (Lipinski definition) is 5. The number of nitrogens with one attached hydrogen (secondary N) is 1. The summed E-state index contributed by atoms with van der Waals surface area (Å²) in [6.07, 6.45) is 4.10. The minimum absolute atomic E-state index is 0.00959.